The number of aromatic nitrogens is 1. The second-order valence-corrected chi connectivity index (χ2v) is 9.03. The van der Waals surface area contributed by atoms with E-state index in [1.807, 2.05) is 0 Å². The van der Waals surface area contributed by atoms with Crippen LogP contribution in [0.1, 0.15) is 36.0 Å². The number of benzene rings is 1. The molecule has 2 fully saturated rings. The van der Waals surface area contributed by atoms with Crippen molar-refractivity contribution in [2.24, 2.45) is 0 Å². The predicted molar refractivity (Wildman–Crippen MR) is 95.2 cm³/mol. The second kappa shape index (κ2) is 5.85. The van der Waals surface area contributed by atoms with Crippen LogP contribution in [-0.4, -0.2) is 54.8 Å². The maximum Gasteiger partial charge on any atom is 0.340 e. The van der Waals surface area contributed by atoms with Gasteiger partial charge in [-0.15, -0.1) is 0 Å². The number of esters is 1. The van der Waals surface area contributed by atoms with Crippen LogP contribution < -0.4 is 0 Å². The van der Waals surface area contributed by atoms with Crippen molar-refractivity contribution in [3.8, 4) is 0 Å². The topological polar surface area (TPSA) is 68.6 Å². The molecule has 1 aromatic carbocycles. The second-order valence-electron chi connectivity index (χ2n) is 7.17. The number of ether oxygens (including phenoxy) is 1. The van der Waals surface area contributed by atoms with Crippen molar-refractivity contribution in [3.05, 3.63) is 36.0 Å². The van der Waals surface area contributed by atoms with Gasteiger partial charge in [0.05, 0.1) is 17.3 Å². The fraction of sp³-hybridized carbons (Fsp3) is 0.500. The smallest absolute Gasteiger partial charge is 0.340 e. The monoisotopic (exact) mass is 362 g/mol. The molecule has 3 heterocycles. The molecular weight excluding hydrogens is 340 g/mol. The van der Waals surface area contributed by atoms with Crippen LogP contribution in [0.15, 0.2) is 30.5 Å². The molecule has 25 heavy (non-hydrogen) atoms. The highest BCUT2D eigenvalue weighted by atomic mass is 32.2. The van der Waals surface area contributed by atoms with Gasteiger partial charge >= 0.3 is 5.97 Å². The number of fused-ring (bicyclic) bond motifs is 3. The molecule has 0 spiro atoms. The van der Waals surface area contributed by atoms with E-state index in [9.17, 15) is 13.2 Å². The van der Waals surface area contributed by atoms with Crippen molar-refractivity contribution in [2.75, 3.05) is 13.3 Å². The molecule has 0 amide bonds. The molecule has 1 aromatic heterocycles. The van der Waals surface area contributed by atoms with Gasteiger partial charge in [-0.05, 0) is 26.0 Å². The highest BCUT2D eigenvalue weighted by Crippen LogP contribution is 2.36. The van der Waals surface area contributed by atoms with Crippen LogP contribution in [0.2, 0.25) is 0 Å². The van der Waals surface area contributed by atoms with Crippen molar-refractivity contribution in [1.29, 1.82) is 0 Å². The third kappa shape index (κ3) is 2.85. The summed E-state index contributed by atoms with van der Waals surface area (Å²) in [5.41, 5.74) is 0.813. The maximum absolute atomic E-state index is 12.7. The standard InChI is InChI=1S/C18H22N2O4S/c1-19-12-7-8-13(19)10-14(9-12)24-18(21)16-11-20(25(2,22)23)17-6-4-3-5-15(16)17/h3-6,11-14H,7-10H2,1-2H3/t12-,13+,14-. The van der Waals surface area contributed by atoms with Crippen LogP contribution in [0.3, 0.4) is 0 Å². The van der Waals surface area contributed by atoms with Crippen molar-refractivity contribution in [2.45, 2.75) is 43.9 Å². The van der Waals surface area contributed by atoms with E-state index in [1.165, 1.54) is 6.20 Å². The third-order valence-corrected chi connectivity index (χ3v) is 6.60. The van der Waals surface area contributed by atoms with E-state index in [0.29, 0.717) is 28.6 Å². The summed E-state index contributed by atoms with van der Waals surface area (Å²) in [4.78, 5) is 15.1. The Morgan fingerprint density at radius 2 is 1.80 bits per heavy atom. The molecule has 4 rings (SSSR count). The van der Waals surface area contributed by atoms with Gasteiger partial charge in [-0.3, -0.25) is 0 Å². The van der Waals surface area contributed by atoms with Gasteiger partial charge in [-0.1, -0.05) is 18.2 Å². The first-order valence-corrected chi connectivity index (χ1v) is 10.4. The number of piperidine rings is 1. The quantitative estimate of drug-likeness (QED) is 0.783. The molecule has 2 aromatic rings. The minimum Gasteiger partial charge on any atom is -0.459 e. The van der Waals surface area contributed by atoms with Gasteiger partial charge in [0.2, 0.25) is 10.0 Å². The van der Waals surface area contributed by atoms with Gasteiger partial charge < -0.3 is 9.64 Å². The zero-order valence-electron chi connectivity index (χ0n) is 14.4. The van der Waals surface area contributed by atoms with E-state index in [4.69, 9.17) is 4.74 Å². The molecule has 7 heteroatoms. The molecule has 0 unspecified atom stereocenters. The summed E-state index contributed by atoms with van der Waals surface area (Å²) < 4.78 is 30.9. The summed E-state index contributed by atoms with van der Waals surface area (Å²) >= 11 is 0. The average molecular weight is 362 g/mol. The Hall–Kier alpha value is -1.86. The number of nitrogens with zero attached hydrogens (tertiary/aromatic N) is 2. The van der Waals surface area contributed by atoms with Crippen LogP contribution in [0.5, 0.6) is 0 Å². The maximum atomic E-state index is 12.7. The first kappa shape index (κ1) is 16.6. The molecule has 0 N–H and O–H groups in total. The molecule has 134 valence electrons. The molecule has 2 aliphatic heterocycles. The third-order valence-electron chi connectivity index (χ3n) is 5.58. The fourth-order valence-electron chi connectivity index (χ4n) is 4.26. The Morgan fingerprint density at radius 3 is 2.44 bits per heavy atom. The van der Waals surface area contributed by atoms with Gasteiger partial charge in [0, 0.05) is 36.5 Å². The Kier molecular flexibility index (Phi) is 3.88. The molecule has 3 atom stereocenters. The van der Waals surface area contributed by atoms with Gasteiger partial charge in [0.25, 0.3) is 0 Å². The van der Waals surface area contributed by atoms with E-state index in [1.54, 1.807) is 24.3 Å². The minimum absolute atomic E-state index is 0.0958. The van der Waals surface area contributed by atoms with Crippen LogP contribution in [0.4, 0.5) is 0 Å². The summed E-state index contributed by atoms with van der Waals surface area (Å²) in [6.45, 7) is 0. The Bertz CT molecular complexity index is 920. The van der Waals surface area contributed by atoms with Crippen molar-refractivity contribution in [1.82, 2.24) is 8.87 Å². The number of para-hydroxylation sites is 1. The van der Waals surface area contributed by atoms with E-state index in [2.05, 4.69) is 11.9 Å². The lowest BCUT2D eigenvalue weighted by atomic mass is 10.0. The SMILES string of the molecule is CN1[C@@H]2CC[C@H]1C[C@H](OC(=O)c1cn(S(C)(=O)=O)c3ccccc13)C2. The number of rotatable bonds is 3. The number of hydrogen-bond donors (Lipinski definition) is 0. The van der Waals surface area contributed by atoms with E-state index in [-0.39, 0.29) is 6.10 Å². The molecular formula is C18H22N2O4S. The van der Waals surface area contributed by atoms with Gasteiger partial charge in [0.1, 0.15) is 6.10 Å². The highest BCUT2D eigenvalue weighted by Gasteiger charge is 2.40. The average Bonchev–Trinajstić information content (AvgIpc) is 3.02. The molecule has 0 radical (unpaired) electrons. The molecule has 2 bridgehead atoms. The lowest BCUT2D eigenvalue weighted by molar-refractivity contribution is -0.000264. The first-order chi connectivity index (χ1) is 11.8. The zero-order chi connectivity index (χ0) is 17.8. The van der Waals surface area contributed by atoms with Gasteiger partial charge in [-0.2, -0.15) is 0 Å². The predicted octanol–water partition coefficient (Wildman–Crippen LogP) is 2.23. The highest BCUT2D eigenvalue weighted by molar-refractivity contribution is 7.89. The number of carbonyl (C=O) groups excluding carboxylic acids is 1. The minimum atomic E-state index is -3.49. The van der Waals surface area contributed by atoms with Gasteiger partial charge in [0.15, 0.2) is 0 Å². The first-order valence-electron chi connectivity index (χ1n) is 8.58. The van der Waals surface area contributed by atoms with Crippen molar-refractivity contribution in [3.63, 3.8) is 0 Å². The summed E-state index contributed by atoms with van der Waals surface area (Å²) in [6.07, 6.45) is 6.43. The molecule has 2 saturated heterocycles. The van der Waals surface area contributed by atoms with Crippen LogP contribution in [0, 0.1) is 0 Å². The van der Waals surface area contributed by atoms with Crippen LogP contribution in [0.25, 0.3) is 10.9 Å². The van der Waals surface area contributed by atoms with Crippen LogP contribution in [-0.2, 0) is 14.8 Å². The summed E-state index contributed by atoms with van der Waals surface area (Å²) in [6, 6.07) is 7.97. The van der Waals surface area contributed by atoms with E-state index >= 15 is 0 Å². The Balaban J connectivity index is 1.63. The van der Waals surface area contributed by atoms with Crippen LogP contribution >= 0.6 is 0 Å². The molecule has 6 nitrogen and oxygen atoms in total. The largest absolute Gasteiger partial charge is 0.459 e. The lowest BCUT2D eigenvalue weighted by Gasteiger charge is -2.35. The Labute approximate surface area is 147 Å². The van der Waals surface area contributed by atoms with Crippen molar-refractivity contribution >= 4 is 26.9 Å². The molecule has 0 saturated carbocycles. The Morgan fingerprint density at radius 1 is 1.16 bits per heavy atom. The molecule has 2 aliphatic rings. The van der Waals surface area contributed by atoms with E-state index < -0.39 is 16.0 Å². The summed E-state index contributed by atoms with van der Waals surface area (Å²) in [7, 11) is -1.35. The number of carbonyl (C=O) groups is 1. The normalized spacial score (nSPS) is 26.9. The summed E-state index contributed by atoms with van der Waals surface area (Å²) in [5, 5.41) is 0.605. The van der Waals surface area contributed by atoms with Crippen molar-refractivity contribution < 1.29 is 17.9 Å². The summed E-state index contributed by atoms with van der Waals surface area (Å²) in [5.74, 6) is -0.437. The lowest BCUT2D eigenvalue weighted by Crippen LogP contribution is -2.43. The zero-order valence-corrected chi connectivity index (χ0v) is 15.2. The van der Waals surface area contributed by atoms with E-state index in [0.717, 1.165) is 35.9 Å². The number of hydrogen-bond acceptors (Lipinski definition) is 5. The molecule has 0 aliphatic carbocycles. The van der Waals surface area contributed by atoms with Gasteiger partial charge in [-0.25, -0.2) is 17.2 Å². The fourth-order valence-corrected chi connectivity index (χ4v) is 5.07.